The zero-order valence-electron chi connectivity index (χ0n) is 13.1. The second-order valence-corrected chi connectivity index (χ2v) is 5.84. The van der Waals surface area contributed by atoms with Crippen LogP contribution in [0.15, 0.2) is 36.4 Å². The molecule has 0 saturated carbocycles. The van der Waals surface area contributed by atoms with Gasteiger partial charge in [-0.05, 0) is 43.7 Å². The summed E-state index contributed by atoms with van der Waals surface area (Å²) in [7, 11) is 0. The van der Waals surface area contributed by atoms with Crippen LogP contribution in [0.2, 0.25) is 5.02 Å². The summed E-state index contributed by atoms with van der Waals surface area (Å²) >= 11 is 5.62. The maximum absolute atomic E-state index is 13.0. The lowest BCUT2D eigenvalue weighted by Gasteiger charge is -2.15. The summed E-state index contributed by atoms with van der Waals surface area (Å²) in [6.45, 7) is 3.48. The van der Waals surface area contributed by atoms with Gasteiger partial charge in [0.25, 0.3) is 0 Å². The van der Waals surface area contributed by atoms with Crippen molar-refractivity contribution in [3.63, 3.8) is 0 Å². The highest BCUT2D eigenvalue weighted by Crippen LogP contribution is 2.36. The molecule has 2 aromatic carbocycles. The largest absolute Gasteiger partial charge is 0.418 e. The zero-order chi connectivity index (χ0) is 17.9. The third kappa shape index (κ3) is 4.64. The molecule has 24 heavy (non-hydrogen) atoms. The second kappa shape index (κ2) is 7.13. The van der Waals surface area contributed by atoms with Crippen LogP contribution in [0.25, 0.3) is 0 Å². The topological polar surface area (TPSA) is 41.1 Å². The lowest BCUT2D eigenvalue weighted by molar-refractivity contribution is -0.137. The van der Waals surface area contributed by atoms with E-state index in [-0.39, 0.29) is 17.3 Å². The second-order valence-electron chi connectivity index (χ2n) is 5.41. The predicted molar refractivity (Wildman–Crippen MR) is 89.5 cm³/mol. The molecule has 0 spiro atoms. The monoisotopic (exact) mass is 356 g/mol. The van der Waals surface area contributed by atoms with Gasteiger partial charge in [-0.15, -0.1) is 0 Å². The molecule has 2 N–H and O–H groups in total. The molecule has 3 nitrogen and oxygen atoms in total. The molecule has 128 valence electrons. The molecule has 2 rings (SSSR count). The molecule has 0 atom stereocenters. The van der Waals surface area contributed by atoms with Gasteiger partial charge < -0.3 is 10.6 Å². The molecule has 0 aliphatic carbocycles. The molecule has 0 aromatic heterocycles. The highest BCUT2D eigenvalue weighted by atomic mass is 35.5. The van der Waals surface area contributed by atoms with E-state index in [4.69, 9.17) is 11.6 Å². The predicted octanol–water partition coefficient (Wildman–Crippen LogP) is 5.03. The van der Waals surface area contributed by atoms with E-state index < -0.39 is 17.6 Å². The van der Waals surface area contributed by atoms with Crippen molar-refractivity contribution in [2.75, 3.05) is 17.2 Å². The van der Waals surface area contributed by atoms with E-state index in [0.29, 0.717) is 5.69 Å². The van der Waals surface area contributed by atoms with Gasteiger partial charge in [-0.2, -0.15) is 13.2 Å². The molecule has 0 aliphatic heterocycles. The van der Waals surface area contributed by atoms with E-state index in [1.807, 2.05) is 26.0 Å². The van der Waals surface area contributed by atoms with Crippen molar-refractivity contribution < 1.29 is 18.0 Å². The zero-order valence-corrected chi connectivity index (χ0v) is 13.8. The van der Waals surface area contributed by atoms with E-state index in [0.717, 1.165) is 17.2 Å². The molecular formula is C17H16ClF3N2O. The summed E-state index contributed by atoms with van der Waals surface area (Å²) in [6.07, 6.45) is -4.56. The normalized spacial score (nSPS) is 11.2. The maximum atomic E-state index is 13.0. The average Bonchev–Trinajstić information content (AvgIpc) is 2.48. The van der Waals surface area contributed by atoms with Crippen molar-refractivity contribution in [3.05, 3.63) is 58.1 Å². The van der Waals surface area contributed by atoms with E-state index in [1.165, 1.54) is 12.1 Å². The highest BCUT2D eigenvalue weighted by Gasteiger charge is 2.33. The van der Waals surface area contributed by atoms with Crippen LogP contribution < -0.4 is 10.6 Å². The highest BCUT2D eigenvalue weighted by molar-refractivity contribution is 6.30. The first kappa shape index (κ1) is 18.1. The van der Waals surface area contributed by atoms with Crippen LogP contribution in [0, 0.1) is 13.8 Å². The number of nitrogens with one attached hydrogen (secondary N) is 2. The third-order valence-corrected chi connectivity index (χ3v) is 3.62. The molecule has 0 saturated heterocycles. The maximum Gasteiger partial charge on any atom is 0.418 e. The fourth-order valence-electron chi connectivity index (χ4n) is 2.23. The van der Waals surface area contributed by atoms with Crippen molar-refractivity contribution in [3.8, 4) is 0 Å². The SMILES string of the molecule is Cc1ccc(NC(=O)CNc2ccc(Cl)cc2C(F)(F)F)c(C)c1. The molecule has 0 heterocycles. The molecule has 0 aliphatic rings. The average molecular weight is 357 g/mol. The Morgan fingerprint density at radius 2 is 1.75 bits per heavy atom. The van der Waals surface area contributed by atoms with Gasteiger partial charge in [0.15, 0.2) is 0 Å². The number of carbonyl (C=O) groups excluding carboxylic acids is 1. The van der Waals surface area contributed by atoms with Gasteiger partial charge in [0.1, 0.15) is 0 Å². The Balaban J connectivity index is 2.07. The Morgan fingerprint density at radius 1 is 1.08 bits per heavy atom. The standard InChI is InChI=1S/C17H16ClF3N2O/c1-10-3-5-14(11(2)7-10)23-16(24)9-22-15-6-4-12(18)8-13(15)17(19,20)21/h3-8,22H,9H2,1-2H3,(H,23,24). The number of carbonyl (C=O) groups is 1. The summed E-state index contributed by atoms with van der Waals surface area (Å²) in [6, 6.07) is 8.87. The molecular weight excluding hydrogens is 341 g/mol. The van der Waals surface area contributed by atoms with Gasteiger partial charge in [0, 0.05) is 16.4 Å². The molecule has 1 amide bonds. The fraction of sp³-hybridized carbons (Fsp3) is 0.235. The lowest BCUT2D eigenvalue weighted by atomic mass is 10.1. The lowest BCUT2D eigenvalue weighted by Crippen LogP contribution is -2.23. The van der Waals surface area contributed by atoms with E-state index in [2.05, 4.69) is 10.6 Å². The number of hydrogen-bond donors (Lipinski definition) is 2. The van der Waals surface area contributed by atoms with Gasteiger partial charge in [-0.1, -0.05) is 29.3 Å². The Morgan fingerprint density at radius 3 is 2.38 bits per heavy atom. The summed E-state index contributed by atoms with van der Waals surface area (Å²) in [5.41, 5.74) is 1.46. The van der Waals surface area contributed by atoms with Crippen molar-refractivity contribution >= 4 is 28.9 Å². The van der Waals surface area contributed by atoms with Gasteiger partial charge >= 0.3 is 6.18 Å². The van der Waals surface area contributed by atoms with Crippen LogP contribution in [0.4, 0.5) is 24.5 Å². The quantitative estimate of drug-likeness (QED) is 0.807. The Bertz CT molecular complexity index is 760. The van der Waals surface area contributed by atoms with Gasteiger partial charge in [-0.25, -0.2) is 0 Å². The van der Waals surface area contributed by atoms with Crippen LogP contribution in [-0.2, 0) is 11.0 Å². The summed E-state index contributed by atoms with van der Waals surface area (Å²) in [5.74, 6) is -0.440. The van der Waals surface area contributed by atoms with E-state index >= 15 is 0 Å². The van der Waals surface area contributed by atoms with Gasteiger partial charge in [-0.3, -0.25) is 4.79 Å². The summed E-state index contributed by atoms with van der Waals surface area (Å²) in [4.78, 5) is 12.0. The first-order chi connectivity index (χ1) is 11.2. The number of benzene rings is 2. The number of aryl methyl sites for hydroxylation is 2. The fourth-order valence-corrected chi connectivity index (χ4v) is 2.40. The minimum atomic E-state index is -4.56. The Hall–Kier alpha value is -2.21. The van der Waals surface area contributed by atoms with Crippen LogP contribution in [0.3, 0.4) is 0 Å². The number of halogens is 4. The van der Waals surface area contributed by atoms with Crippen LogP contribution in [-0.4, -0.2) is 12.5 Å². The molecule has 0 unspecified atom stereocenters. The first-order valence-corrected chi connectivity index (χ1v) is 7.52. The molecule has 2 aromatic rings. The number of anilines is 2. The van der Waals surface area contributed by atoms with E-state index in [9.17, 15) is 18.0 Å². The van der Waals surface area contributed by atoms with Crippen molar-refractivity contribution in [1.29, 1.82) is 0 Å². The van der Waals surface area contributed by atoms with Crippen molar-refractivity contribution in [1.82, 2.24) is 0 Å². The van der Waals surface area contributed by atoms with Gasteiger partial charge in [0.2, 0.25) is 5.91 Å². The van der Waals surface area contributed by atoms with Crippen molar-refractivity contribution in [2.45, 2.75) is 20.0 Å². The molecule has 0 fully saturated rings. The van der Waals surface area contributed by atoms with E-state index in [1.54, 1.807) is 6.07 Å². The van der Waals surface area contributed by atoms with Crippen molar-refractivity contribution in [2.24, 2.45) is 0 Å². The molecule has 7 heteroatoms. The summed E-state index contributed by atoms with van der Waals surface area (Å²) < 4.78 is 39.0. The minimum absolute atomic E-state index is 0.0207. The third-order valence-electron chi connectivity index (χ3n) is 3.38. The Kier molecular flexibility index (Phi) is 5.39. The summed E-state index contributed by atoms with van der Waals surface area (Å²) in [5, 5.41) is 5.15. The van der Waals surface area contributed by atoms with Crippen LogP contribution >= 0.6 is 11.6 Å². The number of hydrogen-bond acceptors (Lipinski definition) is 2. The van der Waals surface area contributed by atoms with Crippen LogP contribution in [0.1, 0.15) is 16.7 Å². The molecule has 0 bridgehead atoms. The number of amides is 1. The molecule has 0 radical (unpaired) electrons. The number of alkyl halides is 3. The Labute approximate surface area is 142 Å². The van der Waals surface area contributed by atoms with Gasteiger partial charge in [0.05, 0.1) is 12.1 Å². The smallest absolute Gasteiger partial charge is 0.376 e. The number of rotatable bonds is 4. The van der Waals surface area contributed by atoms with Crippen LogP contribution in [0.5, 0.6) is 0 Å². The minimum Gasteiger partial charge on any atom is -0.376 e. The first-order valence-electron chi connectivity index (χ1n) is 7.14.